The van der Waals surface area contributed by atoms with Gasteiger partial charge in [0, 0.05) is 5.56 Å². The zero-order valence-electron chi connectivity index (χ0n) is 18.9. The predicted molar refractivity (Wildman–Crippen MR) is 136 cm³/mol. The minimum absolute atomic E-state index is 0.194. The number of para-hydroxylation sites is 1. The summed E-state index contributed by atoms with van der Waals surface area (Å²) in [6.07, 6.45) is -0.940. The average Bonchev–Trinajstić information content (AvgIpc) is 3.59. The van der Waals surface area contributed by atoms with Gasteiger partial charge < -0.3 is 4.42 Å². The van der Waals surface area contributed by atoms with Crippen LogP contribution in [-0.2, 0) is 21.0 Å². The van der Waals surface area contributed by atoms with E-state index < -0.39 is 18.1 Å². The molecular formula is C28H20Cl2N2O4. The summed E-state index contributed by atoms with van der Waals surface area (Å²) in [5, 5.41) is 2.47. The van der Waals surface area contributed by atoms with Crippen molar-refractivity contribution in [2.45, 2.75) is 18.7 Å². The third-order valence-electron chi connectivity index (χ3n) is 6.52. The molecule has 180 valence electrons. The fourth-order valence-corrected chi connectivity index (χ4v) is 5.10. The van der Waals surface area contributed by atoms with Crippen molar-refractivity contribution >= 4 is 40.7 Å². The van der Waals surface area contributed by atoms with Crippen molar-refractivity contribution < 1.29 is 18.8 Å². The highest BCUT2D eigenvalue weighted by Crippen LogP contribution is 2.48. The number of amides is 2. The largest absolute Gasteiger partial charge is 0.459 e. The molecule has 6 rings (SSSR count). The summed E-state index contributed by atoms with van der Waals surface area (Å²) in [4.78, 5) is 34.4. The standard InChI is InChI=1S/C28H20Cl2N2O4/c29-20-12-11-18(15-21(20)30)22-13-14-23(35-22)25-24-26(36-32(25)19-9-5-2-6-10-19)28(34)31(27(24)33)16-17-7-3-1-4-8-17/h1-15,24-26H,16H2/t24-,25+,26+/m0/s1. The van der Waals surface area contributed by atoms with Crippen molar-refractivity contribution in [3.63, 3.8) is 0 Å². The van der Waals surface area contributed by atoms with Crippen LogP contribution in [0.15, 0.2) is 95.4 Å². The first-order valence-corrected chi connectivity index (χ1v) is 12.2. The van der Waals surface area contributed by atoms with Gasteiger partial charge in [0.1, 0.15) is 23.5 Å². The SMILES string of the molecule is O=C1[C@H]2[C@@H](c3ccc(-c4ccc(Cl)c(Cl)c4)o3)N(c3ccccc3)O[C@H]2C(=O)N1Cc1ccccc1. The lowest BCUT2D eigenvalue weighted by molar-refractivity contribution is -0.143. The van der Waals surface area contributed by atoms with Crippen LogP contribution in [-0.4, -0.2) is 22.8 Å². The molecule has 2 aliphatic heterocycles. The monoisotopic (exact) mass is 518 g/mol. The number of hydrogen-bond donors (Lipinski definition) is 0. The van der Waals surface area contributed by atoms with Crippen LogP contribution in [0.1, 0.15) is 17.4 Å². The summed E-state index contributed by atoms with van der Waals surface area (Å²) < 4.78 is 6.24. The number of likely N-dealkylation sites (tertiary alicyclic amines) is 1. The maximum absolute atomic E-state index is 13.6. The number of carbonyl (C=O) groups is 2. The number of anilines is 1. The summed E-state index contributed by atoms with van der Waals surface area (Å²) in [5.74, 6) is -0.319. The Balaban J connectivity index is 1.38. The Kier molecular flexibility index (Phi) is 5.80. The fourth-order valence-electron chi connectivity index (χ4n) is 4.80. The molecule has 0 saturated carbocycles. The molecule has 4 aromatic rings. The number of furan rings is 1. The maximum Gasteiger partial charge on any atom is 0.262 e. The van der Waals surface area contributed by atoms with E-state index in [0.29, 0.717) is 21.6 Å². The highest BCUT2D eigenvalue weighted by atomic mass is 35.5. The predicted octanol–water partition coefficient (Wildman–Crippen LogP) is 6.30. The second kappa shape index (κ2) is 9.13. The topological polar surface area (TPSA) is 63.0 Å². The molecule has 2 aliphatic rings. The average molecular weight is 519 g/mol. The van der Waals surface area contributed by atoms with Gasteiger partial charge in [-0.3, -0.25) is 19.3 Å². The van der Waals surface area contributed by atoms with E-state index in [1.165, 1.54) is 4.90 Å². The number of rotatable bonds is 5. The van der Waals surface area contributed by atoms with E-state index in [-0.39, 0.29) is 18.4 Å². The lowest BCUT2D eigenvalue weighted by Crippen LogP contribution is -2.36. The lowest BCUT2D eigenvalue weighted by Gasteiger charge is -2.27. The quantitative estimate of drug-likeness (QED) is 0.290. The minimum atomic E-state index is -0.940. The van der Waals surface area contributed by atoms with Gasteiger partial charge in [0.05, 0.1) is 22.3 Å². The zero-order chi connectivity index (χ0) is 24.8. The zero-order valence-corrected chi connectivity index (χ0v) is 20.4. The summed E-state index contributed by atoms with van der Waals surface area (Å²) >= 11 is 12.3. The maximum atomic E-state index is 13.6. The van der Waals surface area contributed by atoms with E-state index in [0.717, 1.165) is 16.8 Å². The third kappa shape index (κ3) is 3.88. The Labute approximate surface area is 217 Å². The molecule has 0 bridgehead atoms. The first-order valence-electron chi connectivity index (χ1n) is 11.5. The molecule has 6 nitrogen and oxygen atoms in total. The van der Waals surface area contributed by atoms with E-state index in [2.05, 4.69) is 0 Å². The van der Waals surface area contributed by atoms with Crippen LogP contribution >= 0.6 is 23.2 Å². The molecule has 0 radical (unpaired) electrons. The van der Waals surface area contributed by atoms with Crippen LogP contribution in [0.5, 0.6) is 0 Å². The van der Waals surface area contributed by atoms with Crippen LogP contribution in [0.25, 0.3) is 11.3 Å². The molecule has 0 unspecified atom stereocenters. The number of hydrogen-bond acceptors (Lipinski definition) is 5. The van der Waals surface area contributed by atoms with Gasteiger partial charge in [0.25, 0.3) is 5.91 Å². The number of hydroxylamine groups is 1. The Hall–Kier alpha value is -3.58. The minimum Gasteiger partial charge on any atom is -0.459 e. The van der Waals surface area contributed by atoms with E-state index >= 15 is 0 Å². The second-order valence-electron chi connectivity index (χ2n) is 8.74. The van der Waals surface area contributed by atoms with Crippen molar-refractivity contribution in [1.29, 1.82) is 0 Å². The lowest BCUT2D eigenvalue weighted by atomic mass is 9.94. The molecule has 3 heterocycles. The molecule has 3 aromatic carbocycles. The van der Waals surface area contributed by atoms with Crippen molar-refractivity contribution in [2.24, 2.45) is 5.92 Å². The van der Waals surface area contributed by atoms with Crippen LogP contribution in [0, 0.1) is 5.92 Å². The Morgan fingerprint density at radius 2 is 1.50 bits per heavy atom. The van der Waals surface area contributed by atoms with Crippen molar-refractivity contribution in [2.75, 3.05) is 5.06 Å². The molecule has 8 heteroatoms. The van der Waals surface area contributed by atoms with Crippen LogP contribution in [0.3, 0.4) is 0 Å². The summed E-state index contributed by atoms with van der Waals surface area (Å²) in [7, 11) is 0. The molecule has 0 spiro atoms. The van der Waals surface area contributed by atoms with Crippen molar-refractivity contribution in [1.82, 2.24) is 4.90 Å². The smallest absolute Gasteiger partial charge is 0.262 e. The van der Waals surface area contributed by atoms with Crippen LogP contribution < -0.4 is 5.06 Å². The van der Waals surface area contributed by atoms with E-state index in [1.54, 1.807) is 17.2 Å². The summed E-state index contributed by atoms with van der Waals surface area (Å²) in [6.45, 7) is 0.194. The van der Waals surface area contributed by atoms with Gasteiger partial charge in [0.2, 0.25) is 5.91 Å². The molecule has 2 amide bonds. The second-order valence-corrected chi connectivity index (χ2v) is 9.55. The van der Waals surface area contributed by atoms with E-state index in [4.69, 9.17) is 32.5 Å². The normalized spacial score (nSPS) is 21.3. The highest BCUT2D eigenvalue weighted by Gasteiger charge is 2.60. The number of fused-ring (bicyclic) bond motifs is 1. The van der Waals surface area contributed by atoms with Crippen LogP contribution in [0.2, 0.25) is 10.0 Å². The summed E-state index contributed by atoms with van der Waals surface area (Å²) in [5.41, 5.74) is 2.34. The summed E-state index contributed by atoms with van der Waals surface area (Å²) in [6, 6.07) is 27.0. The van der Waals surface area contributed by atoms with Gasteiger partial charge >= 0.3 is 0 Å². The van der Waals surface area contributed by atoms with E-state index in [9.17, 15) is 9.59 Å². The van der Waals surface area contributed by atoms with Crippen molar-refractivity contribution in [3.05, 3.63) is 112 Å². The van der Waals surface area contributed by atoms with Gasteiger partial charge in [-0.15, -0.1) is 0 Å². The molecule has 36 heavy (non-hydrogen) atoms. The first-order chi connectivity index (χ1) is 17.5. The molecule has 2 fully saturated rings. The molecule has 1 aromatic heterocycles. The molecular weight excluding hydrogens is 499 g/mol. The highest BCUT2D eigenvalue weighted by molar-refractivity contribution is 6.42. The van der Waals surface area contributed by atoms with Gasteiger partial charge in [-0.25, -0.2) is 5.06 Å². The van der Waals surface area contributed by atoms with Gasteiger partial charge in [-0.2, -0.15) is 0 Å². The Morgan fingerprint density at radius 3 is 2.22 bits per heavy atom. The molecule has 0 aliphatic carbocycles. The third-order valence-corrected chi connectivity index (χ3v) is 7.26. The molecule has 0 N–H and O–H groups in total. The first kappa shape index (κ1) is 22.9. The fraction of sp³-hybridized carbons (Fsp3) is 0.143. The number of benzene rings is 3. The molecule has 3 atom stereocenters. The number of imide groups is 1. The Morgan fingerprint density at radius 1 is 0.778 bits per heavy atom. The number of nitrogens with zero attached hydrogens (tertiary/aromatic N) is 2. The Bertz CT molecular complexity index is 1440. The van der Waals surface area contributed by atoms with Gasteiger partial charge in [-0.05, 0) is 48.0 Å². The van der Waals surface area contributed by atoms with Crippen LogP contribution in [0.4, 0.5) is 5.69 Å². The van der Waals surface area contributed by atoms with Gasteiger partial charge in [0.15, 0.2) is 6.10 Å². The number of halogens is 2. The van der Waals surface area contributed by atoms with Crippen molar-refractivity contribution in [3.8, 4) is 11.3 Å². The van der Waals surface area contributed by atoms with Gasteiger partial charge in [-0.1, -0.05) is 71.7 Å². The number of carbonyl (C=O) groups excluding carboxylic acids is 2. The molecule has 2 saturated heterocycles. The van der Waals surface area contributed by atoms with E-state index in [1.807, 2.05) is 78.9 Å².